The third kappa shape index (κ3) is 7.55. The van der Waals surface area contributed by atoms with E-state index in [1.165, 1.54) is 13.2 Å². The first-order chi connectivity index (χ1) is 22.2. The molecule has 10 heteroatoms. The summed E-state index contributed by atoms with van der Waals surface area (Å²) in [5.74, 6) is 0.810. The molecule has 9 nitrogen and oxygen atoms in total. The van der Waals surface area contributed by atoms with Gasteiger partial charge in [0.15, 0.2) is 23.1 Å². The highest BCUT2D eigenvalue weighted by Gasteiger charge is 2.39. The van der Waals surface area contributed by atoms with E-state index in [4.69, 9.17) is 14.2 Å². The molecule has 3 amide bonds. The molecular weight excluding hydrogens is 587 g/mol. The van der Waals surface area contributed by atoms with Gasteiger partial charge in [-0.3, -0.25) is 4.79 Å². The van der Waals surface area contributed by atoms with Gasteiger partial charge in [0.25, 0.3) is 5.91 Å². The smallest absolute Gasteiger partial charge is 0.319 e. The molecule has 0 saturated carbocycles. The number of nitrogens with zero attached hydrogens (tertiary/aromatic N) is 2. The molecule has 2 fully saturated rings. The molecule has 0 aliphatic carbocycles. The summed E-state index contributed by atoms with van der Waals surface area (Å²) in [6.45, 7) is 6.32. The van der Waals surface area contributed by atoms with Crippen LogP contribution in [0.25, 0.3) is 0 Å². The number of ether oxygens (including phenoxy) is 3. The zero-order valence-electron chi connectivity index (χ0n) is 27.3. The Morgan fingerprint density at radius 1 is 0.935 bits per heavy atom. The first-order valence-electron chi connectivity index (χ1n) is 16.3. The fraction of sp³-hybridized carbons (Fsp3) is 0.444. The monoisotopic (exact) mass is 632 g/mol. The molecule has 2 atom stereocenters. The summed E-state index contributed by atoms with van der Waals surface area (Å²) < 4.78 is 32.8. The Balaban J connectivity index is 1.21. The fourth-order valence-electron chi connectivity index (χ4n) is 6.46. The zero-order valence-corrected chi connectivity index (χ0v) is 27.3. The van der Waals surface area contributed by atoms with Crippen molar-refractivity contribution < 1.29 is 28.2 Å². The number of hydrogen-bond donors (Lipinski definition) is 2. The van der Waals surface area contributed by atoms with Crippen LogP contribution in [-0.4, -0.2) is 61.8 Å². The van der Waals surface area contributed by atoms with Crippen LogP contribution in [0.15, 0.2) is 60.7 Å². The predicted octanol–water partition coefficient (Wildman–Crippen LogP) is 7.61. The summed E-state index contributed by atoms with van der Waals surface area (Å²) in [5.41, 5.74) is 1.48. The molecular formula is C36H45FN4O5. The molecule has 2 N–H and O–H groups in total. The van der Waals surface area contributed by atoms with Gasteiger partial charge in [-0.1, -0.05) is 13.8 Å². The van der Waals surface area contributed by atoms with Crippen LogP contribution in [0, 0.1) is 5.82 Å². The molecule has 3 aromatic rings. The van der Waals surface area contributed by atoms with Gasteiger partial charge in [-0.15, -0.1) is 0 Å². The number of amides is 3. The Labute approximate surface area is 271 Å². The standard InChI is InChI=1S/C36H45FN4O5/c1-6-24(7-2)38-36(43)39-25-10-18-33(34(20-25)44-5)45-29-15-13-26(14-16-29)41(8-3)35(42)23-9-17-32(31(37)19-23)46-30-21-27-11-12-28(22-30)40(27)4/h9-10,13-20,24,27-28,30H,6-8,11-12,21-22H2,1-5H3,(H2,38,39,43). The first kappa shape index (κ1) is 33.1. The minimum atomic E-state index is -0.529. The Morgan fingerprint density at radius 3 is 2.22 bits per heavy atom. The van der Waals surface area contributed by atoms with E-state index < -0.39 is 5.82 Å². The van der Waals surface area contributed by atoms with Gasteiger partial charge < -0.3 is 34.6 Å². The van der Waals surface area contributed by atoms with Gasteiger partial charge in [-0.05, 0) is 107 Å². The highest BCUT2D eigenvalue weighted by atomic mass is 19.1. The molecule has 2 unspecified atom stereocenters. The van der Waals surface area contributed by atoms with Crippen LogP contribution in [0.2, 0.25) is 0 Å². The quantitative estimate of drug-likeness (QED) is 0.214. The van der Waals surface area contributed by atoms with Crippen LogP contribution < -0.4 is 29.7 Å². The highest BCUT2D eigenvalue weighted by Crippen LogP contribution is 2.37. The number of carbonyl (C=O) groups is 2. The van der Waals surface area contributed by atoms with E-state index in [2.05, 4.69) is 22.6 Å². The number of hydrogen-bond acceptors (Lipinski definition) is 6. The minimum Gasteiger partial charge on any atom is -0.493 e. The van der Waals surface area contributed by atoms with Crippen LogP contribution >= 0.6 is 0 Å². The summed E-state index contributed by atoms with van der Waals surface area (Å²) >= 11 is 0. The lowest BCUT2D eigenvalue weighted by Gasteiger charge is -2.36. The van der Waals surface area contributed by atoms with Crippen LogP contribution in [-0.2, 0) is 0 Å². The fourth-order valence-corrected chi connectivity index (χ4v) is 6.46. The molecule has 246 valence electrons. The van der Waals surface area contributed by atoms with Gasteiger partial charge in [0, 0.05) is 47.7 Å². The Hall–Kier alpha value is -4.31. The van der Waals surface area contributed by atoms with E-state index in [1.807, 2.05) is 20.8 Å². The SMILES string of the molecule is CCC(CC)NC(=O)Nc1ccc(Oc2ccc(N(CC)C(=O)c3ccc(OC4CC5CCC(C4)N5C)c(F)c3)cc2)c(OC)c1. The van der Waals surface area contributed by atoms with Crippen LogP contribution in [0.5, 0.6) is 23.0 Å². The van der Waals surface area contributed by atoms with E-state index >= 15 is 4.39 Å². The van der Waals surface area contributed by atoms with Crippen molar-refractivity contribution in [3.8, 4) is 23.0 Å². The molecule has 0 radical (unpaired) electrons. The maximum absolute atomic E-state index is 15.2. The molecule has 2 saturated heterocycles. The van der Waals surface area contributed by atoms with Gasteiger partial charge in [0.05, 0.1) is 7.11 Å². The van der Waals surface area contributed by atoms with E-state index in [9.17, 15) is 9.59 Å². The van der Waals surface area contributed by atoms with Crippen LogP contribution in [0.3, 0.4) is 0 Å². The number of methoxy groups -OCH3 is 1. The maximum Gasteiger partial charge on any atom is 0.319 e. The van der Waals surface area contributed by atoms with Crippen molar-refractivity contribution in [2.24, 2.45) is 0 Å². The second kappa shape index (κ2) is 14.9. The summed E-state index contributed by atoms with van der Waals surface area (Å²) in [5, 5.41) is 5.78. The molecule has 5 rings (SSSR count). The molecule has 2 aliphatic rings. The van der Waals surface area contributed by atoms with Crippen molar-refractivity contribution in [3.05, 3.63) is 72.0 Å². The summed E-state index contributed by atoms with van der Waals surface area (Å²) in [6, 6.07) is 17.5. The zero-order chi connectivity index (χ0) is 32.8. The number of nitrogens with one attached hydrogen (secondary N) is 2. The van der Waals surface area contributed by atoms with Crippen molar-refractivity contribution in [1.29, 1.82) is 0 Å². The number of rotatable bonds is 12. The Kier molecular flexibility index (Phi) is 10.7. The van der Waals surface area contributed by atoms with Gasteiger partial charge >= 0.3 is 6.03 Å². The second-order valence-electron chi connectivity index (χ2n) is 12.0. The van der Waals surface area contributed by atoms with Gasteiger partial charge in [0.2, 0.25) is 0 Å². The van der Waals surface area contributed by atoms with Crippen molar-refractivity contribution >= 4 is 23.3 Å². The normalized spacial score (nSPS) is 19.1. The van der Waals surface area contributed by atoms with Crippen molar-refractivity contribution in [2.75, 3.05) is 30.9 Å². The number of fused-ring (bicyclic) bond motifs is 2. The Bertz CT molecular complexity index is 1500. The molecule has 2 aliphatic heterocycles. The first-order valence-corrected chi connectivity index (χ1v) is 16.3. The average Bonchev–Trinajstić information content (AvgIpc) is 3.25. The van der Waals surface area contributed by atoms with Crippen molar-refractivity contribution in [3.63, 3.8) is 0 Å². The predicted molar refractivity (Wildman–Crippen MR) is 178 cm³/mol. The number of benzene rings is 3. The summed E-state index contributed by atoms with van der Waals surface area (Å²) in [6.07, 6.45) is 5.79. The van der Waals surface area contributed by atoms with E-state index in [0.29, 0.717) is 47.3 Å². The molecule has 2 bridgehead atoms. The lowest BCUT2D eigenvalue weighted by Crippen LogP contribution is -2.43. The van der Waals surface area contributed by atoms with E-state index in [1.54, 1.807) is 59.5 Å². The summed E-state index contributed by atoms with van der Waals surface area (Å²) in [7, 11) is 3.69. The largest absolute Gasteiger partial charge is 0.493 e. The number of anilines is 2. The van der Waals surface area contributed by atoms with Crippen LogP contribution in [0.4, 0.5) is 20.6 Å². The van der Waals surface area contributed by atoms with E-state index in [0.717, 1.165) is 38.5 Å². The maximum atomic E-state index is 15.2. The lowest BCUT2D eigenvalue weighted by molar-refractivity contribution is 0.0636. The van der Waals surface area contributed by atoms with Crippen molar-refractivity contribution in [1.82, 2.24) is 10.2 Å². The van der Waals surface area contributed by atoms with Gasteiger partial charge in [0.1, 0.15) is 11.9 Å². The number of halogens is 1. The highest BCUT2D eigenvalue weighted by molar-refractivity contribution is 6.06. The molecule has 2 heterocycles. The van der Waals surface area contributed by atoms with Gasteiger partial charge in [-0.2, -0.15) is 0 Å². The van der Waals surface area contributed by atoms with E-state index in [-0.39, 0.29) is 35.4 Å². The molecule has 0 spiro atoms. The number of carbonyl (C=O) groups excluding carboxylic acids is 2. The topological polar surface area (TPSA) is 92.4 Å². The Morgan fingerprint density at radius 2 is 1.61 bits per heavy atom. The van der Waals surface area contributed by atoms with Crippen LogP contribution in [0.1, 0.15) is 69.7 Å². The number of piperidine rings is 1. The summed E-state index contributed by atoms with van der Waals surface area (Å²) in [4.78, 5) is 29.8. The van der Waals surface area contributed by atoms with Gasteiger partial charge in [-0.25, -0.2) is 9.18 Å². The lowest BCUT2D eigenvalue weighted by atomic mass is 10.0. The minimum absolute atomic E-state index is 0.0158. The molecule has 3 aromatic carbocycles. The molecule has 0 aromatic heterocycles. The third-order valence-electron chi connectivity index (χ3n) is 9.21. The number of urea groups is 1. The second-order valence-corrected chi connectivity index (χ2v) is 12.0. The molecule has 46 heavy (non-hydrogen) atoms. The van der Waals surface area contributed by atoms with Crippen molar-refractivity contribution in [2.45, 2.75) is 83.5 Å². The average molecular weight is 633 g/mol. The third-order valence-corrected chi connectivity index (χ3v) is 9.21.